The molecule has 1 aliphatic rings. The Morgan fingerprint density at radius 1 is 1.00 bits per heavy atom. The van der Waals surface area contributed by atoms with Crippen LogP contribution in [-0.2, 0) is 6.61 Å². The summed E-state index contributed by atoms with van der Waals surface area (Å²) in [4.78, 5) is 14.7. The number of nitrogens with zero attached hydrogens (tertiary/aromatic N) is 2. The van der Waals surface area contributed by atoms with Crippen molar-refractivity contribution in [1.82, 2.24) is 5.43 Å². The van der Waals surface area contributed by atoms with Crippen LogP contribution in [0.4, 0.5) is 5.69 Å². The van der Waals surface area contributed by atoms with Crippen LogP contribution in [0.1, 0.15) is 34.3 Å². The Kier molecular flexibility index (Phi) is 7.30. The molecule has 1 aliphatic heterocycles. The van der Waals surface area contributed by atoms with E-state index in [1.807, 2.05) is 54.6 Å². The van der Waals surface area contributed by atoms with Crippen LogP contribution in [0.15, 0.2) is 71.8 Å². The summed E-state index contributed by atoms with van der Waals surface area (Å²) in [5, 5.41) is 4.78. The summed E-state index contributed by atoms with van der Waals surface area (Å²) < 4.78 is 5.77. The Morgan fingerprint density at radius 3 is 2.31 bits per heavy atom. The molecule has 1 N–H and O–H groups in total. The number of benzene rings is 3. The molecule has 0 bridgehead atoms. The summed E-state index contributed by atoms with van der Waals surface area (Å²) in [6.07, 6.45) is 3.92. The van der Waals surface area contributed by atoms with Crippen molar-refractivity contribution in [2.75, 3.05) is 18.0 Å². The van der Waals surface area contributed by atoms with Crippen molar-refractivity contribution < 1.29 is 9.53 Å². The van der Waals surface area contributed by atoms with Crippen LogP contribution in [0, 0.1) is 0 Å². The first-order valence-corrected chi connectivity index (χ1v) is 11.2. The van der Waals surface area contributed by atoms with Gasteiger partial charge >= 0.3 is 0 Å². The van der Waals surface area contributed by atoms with Gasteiger partial charge < -0.3 is 9.64 Å². The minimum Gasteiger partial charge on any atom is -0.486 e. The summed E-state index contributed by atoms with van der Waals surface area (Å²) in [7, 11) is 0. The molecule has 0 radical (unpaired) electrons. The minimum atomic E-state index is -0.283. The number of carbonyl (C=O) groups is 1. The molecule has 0 aromatic heterocycles. The van der Waals surface area contributed by atoms with E-state index >= 15 is 0 Å². The number of hydrazone groups is 1. The van der Waals surface area contributed by atoms with Crippen molar-refractivity contribution >= 4 is 41.0 Å². The van der Waals surface area contributed by atoms with Crippen molar-refractivity contribution in [1.29, 1.82) is 0 Å². The van der Waals surface area contributed by atoms with Gasteiger partial charge in [-0.15, -0.1) is 0 Å². The number of hydrogen-bond donors (Lipinski definition) is 1. The van der Waals surface area contributed by atoms with Gasteiger partial charge in [0, 0.05) is 24.3 Å². The van der Waals surface area contributed by atoms with E-state index in [0.29, 0.717) is 33.5 Å². The normalized spacial score (nSPS) is 13.5. The number of ether oxygens (including phenoxy) is 1. The average molecular weight is 468 g/mol. The van der Waals surface area contributed by atoms with Gasteiger partial charge in [0.25, 0.3) is 5.91 Å². The highest BCUT2D eigenvalue weighted by molar-refractivity contribution is 6.37. The zero-order chi connectivity index (χ0) is 22.3. The summed E-state index contributed by atoms with van der Waals surface area (Å²) in [6.45, 7) is 2.49. The number of amides is 1. The molecule has 3 aromatic rings. The Bertz CT molecular complexity index is 1070. The lowest BCUT2D eigenvalue weighted by molar-refractivity contribution is 0.0955. The van der Waals surface area contributed by atoms with Crippen molar-refractivity contribution in [3.05, 3.63) is 93.5 Å². The lowest BCUT2D eigenvalue weighted by Gasteiger charge is -2.17. The number of nitrogens with one attached hydrogen (secondary N) is 1. The summed E-state index contributed by atoms with van der Waals surface area (Å²) >= 11 is 12.7. The van der Waals surface area contributed by atoms with Crippen LogP contribution >= 0.6 is 23.2 Å². The standard InChI is InChI=1S/C25H23Cl2N3O2/c26-22-14-19(15-23(27)24(22)32-17-18-6-2-1-3-7-18)16-28-29-25(31)20-8-10-21(11-9-20)30-12-4-5-13-30/h1-3,6-11,14-16H,4-5,12-13,17H2,(H,29,31)/b28-16-. The molecule has 0 atom stereocenters. The maximum absolute atomic E-state index is 12.4. The van der Waals surface area contributed by atoms with Crippen LogP contribution < -0.4 is 15.1 Å². The summed E-state index contributed by atoms with van der Waals surface area (Å²) in [5.74, 6) is 0.130. The third-order valence-corrected chi connectivity index (χ3v) is 5.79. The second-order valence-corrected chi connectivity index (χ2v) is 8.34. The van der Waals surface area contributed by atoms with Crippen LogP contribution in [0.25, 0.3) is 0 Å². The molecule has 1 saturated heterocycles. The van der Waals surface area contributed by atoms with E-state index in [1.165, 1.54) is 19.1 Å². The average Bonchev–Trinajstić information content (AvgIpc) is 3.34. The predicted molar refractivity (Wildman–Crippen MR) is 130 cm³/mol. The largest absolute Gasteiger partial charge is 0.486 e. The fraction of sp³-hybridized carbons (Fsp3) is 0.200. The molecule has 0 saturated carbocycles. The molecule has 1 amide bonds. The molecule has 32 heavy (non-hydrogen) atoms. The smallest absolute Gasteiger partial charge is 0.271 e. The fourth-order valence-electron chi connectivity index (χ4n) is 3.55. The molecule has 164 valence electrons. The first kappa shape index (κ1) is 22.2. The molecule has 1 fully saturated rings. The second kappa shape index (κ2) is 10.5. The maximum Gasteiger partial charge on any atom is 0.271 e. The van der Waals surface area contributed by atoms with E-state index in [2.05, 4.69) is 15.4 Å². The number of halogens is 2. The summed E-state index contributed by atoms with van der Waals surface area (Å²) in [5.41, 5.74) is 5.89. The van der Waals surface area contributed by atoms with Crippen LogP contribution in [0.2, 0.25) is 10.0 Å². The lowest BCUT2D eigenvalue weighted by atomic mass is 10.2. The van der Waals surface area contributed by atoms with E-state index in [9.17, 15) is 4.79 Å². The lowest BCUT2D eigenvalue weighted by Crippen LogP contribution is -2.19. The summed E-state index contributed by atoms with van der Waals surface area (Å²) in [6, 6.07) is 20.7. The fourth-order valence-corrected chi connectivity index (χ4v) is 4.16. The van der Waals surface area contributed by atoms with Crippen LogP contribution in [-0.4, -0.2) is 25.2 Å². The van der Waals surface area contributed by atoms with E-state index < -0.39 is 0 Å². The first-order valence-electron chi connectivity index (χ1n) is 10.4. The molecule has 7 heteroatoms. The molecule has 0 aliphatic carbocycles. The van der Waals surface area contributed by atoms with Gasteiger partial charge in [-0.25, -0.2) is 5.43 Å². The molecular formula is C25H23Cl2N3O2. The van der Waals surface area contributed by atoms with Gasteiger partial charge in [-0.2, -0.15) is 5.10 Å². The quantitative estimate of drug-likeness (QED) is 0.345. The second-order valence-electron chi connectivity index (χ2n) is 7.53. The van der Waals surface area contributed by atoms with Crippen LogP contribution in [0.3, 0.4) is 0 Å². The third kappa shape index (κ3) is 5.61. The van der Waals surface area contributed by atoms with Crippen molar-refractivity contribution in [3.8, 4) is 5.75 Å². The van der Waals surface area contributed by atoms with Gasteiger partial charge in [-0.3, -0.25) is 4.79 Å². The highest BCUT2D eigenvalue weighted by atomic mass is 35.5. The van der Waals surface area contributed by atoms with Gasteiger partial charge in [0.2, 0.25) is 0 Å². The third-order valence-electron chi connectivity index (χ3n) is 5.23. The van der Waals surface area contributed by atoms with E-state index in [-0.39, 0.29) is 5.91 Å². The van der Waals surface area contributed by atoms with Crippen molar-refractivity contribution in [3.63, 3.8) is 0 Å². The van der Waals surface area contributed by atoms with Crippen LogP contribution in [0.5, 0.6) is 5.75 Å². The van der Waals surface area contributed by atoms with Gasteiger partial charge in [0.05, 0.1) is 16.3 Å². The minimum absolute atomic E-state index is 0.283. The predicted octanol–water partition coefficient (Wildman–Crippen LogP) is 5.94. The Balaban J connectivity index is 1.35. The van der Waals surface area contributed by atoms with E-state index in [4.69, 9.17) is 27.9 Å². The Morgan fingerprint density at radius 2 is 1.66 bits per heavy atom. The molecule has 4 rings (SSSR count). The van der Waals surface area contributed by atoms with Crippen molar-refractivity contribution in [2.45, 2.75) is 19.4 Å². The number of anilines is 1. The monoisotopic (exact) mass is 467 g/mol. The molecule has 3 aromatic carbocycles. The molecule has 1 heterocycles. The molecule has 0 unspecified atom stereocenters. The van der Waals surface area contributed by atoms with Gasteiger partial charge in [0.15, 0.2) is 5.75 Å². The topological polar surface area (TPSA) is 53.9 Å². The zero-order valence-electron chi connectivity index (χ0n) is 17.4. The Hall–Kier alpha value is -3.02. The molecule has 0 spiro atoms. The van der Waals surface area contributed by atoms with Gasteiger partial charge in [-0.1, -0.05) is 53.5 Å². The number of carbonyl (C=O) groups excluding carboxylic acids is 1. The maximum atomic E-state index is 12.4. The SMILES string of the molecule is O=C(N/N=C\c1cc(Cl)c(OCc2ccccc2)c(Cl)c1)c1ccc(N2CCCC2)cc1. The zero-order valence-corrected chi connectivity index (χ0v) is 18.9. The number of rotatable bonds is 7. The highest BCUT2D eigenvalue weighted by Gasteiger charge is 2.13. The number of hydrogen-bond acceptors (Lipinski definition) is 4. The Labute approximate surface area is 197 Å². The first-order chi connectivity index (χ1) is 15.6. The molecular weight excluding hydrogens is 445 g/mol. The highest BCUT2D eigenvalue weighted by Crippen LogP contribution is 2.34. The molecule has 5 nitrogen and oxygen atoms in total. The van der Waals surface area contributed by atoms with E-state index in [1.54, 1.807) is 12.1 Å². The van der Waals surface area contributed by atoms with E-state index in [0.717, 1.165) is 24.3 Å². The van der Waals surface area contributed by atoms with Gasteiger partial charge in [-0.05, 0) is 60.4 Å². The van der Waals surface area contributed by atoms with Crippen molar-refractivity contribution in [2.24, 2.45) is 5.10 Å². The van der Waals surface area contributed by atoms with Gasteiger partial charge in [0.1, 0.15) is 6.61 Å².